The summed E-state index contributed by atoms with van der Waals surface area (Å²) in [6, 6.07) is 18.4. The highest BCUT2D eigenvalue weighted by atomic mass is 35.5. The second-order valence-corrected chi connectivity index (χ2v) is 9.91. The minimum atomic E-state index is -0.458. The van der Waals surface area contributed by atoms with Gasteiger partial charge in [0.2, 0.25) is 0 Å². The molecule has 0 spiro atoms. The minimum absolute atomic E-state index is 0. The first-order valence-corrected chi connectivity index (χ1v) is 11.3. The van der Waals surface area contributed by atoms with Crippen molar-refractivity contribution in [2.45, 2.75) is 85.2 Å². The van der Waals surface area contributed by atoms with Gasteiger partial charge < -0.3 is 15.2 Å². The van der Waals surface area contributed by atoms with Crippen LogP contribution in [0.5, 0.6) is 5.75 Å². The molecule has 0 fully saturated rings. The third-order valence-corrected chi connectivity index (χ3v) is 5.41. The molecule has 2 unspecified atom stereocenters. The molecule has 2 aromatic carbocycles. The van der Waals surface area contributed by atoms with E-state index in [4.69, 9.17) is 15.2 Å². The van der Waals surface area contributed by atoms with Crippen molar-refractivity contribution in [1.82, 2.24) is 0 Å². The van der Waals surface area contributed by atoms with Crippen LogP contribution in [0.2, 0.25) is 0 Å². The number of hydrogen-bond acceptors (Lipinski definition) is 3. The third-order valence-electron chi connectivity index (χ3n) is 5.41. The Kier molecular flexibility index (Phi) is 10.5. The Morgan fingerprint density at radius 1 is 0.806 bits per heavy atom. The van der Waals surface area contributed by atoms with Gasteiger partial charge in [-0.05, 0) is 75.1 Å². The molecule has 4 heteroatoms. The van der Waals surface area contributed by atoms with E-state index in [9.17, 15) is 0 Å². The minimum Gasteiger partial charge on any atom is -0.465 e. The number of halogens is 1. The molecular formula is C27H42ClNO2. The summed E-state index contributed by atoms with van der Waals surface area (Å²) in [5, 5.41) is 0. The largest absolute Gasteiger partial charge is 0.465 e. The lowest BCUT2D eigenvalue weighted by Gasteiger charge is -2.41. The van der Waals surface area contributed by atoms with E-state index in [1.54, 1.807) is 0 Å². The van der Waals surface area contributed by atoms with Crippen LogP contribution >= 0.6 is 12.4 Å². The first-order chi connectivity index (χ1) is 14.0. The fourth-order valence-electron chi connectivity index (χ4n) is 4.17. The first kappa shape index (κ1) is 27.5. The number of ether oxygens (including phenoxy) is 2. The molecule has 0 aliphatic carbocycles. The van der Waals surface area contributed by atoms with E-state index in [0.29, 0.717) is 11.8 Å². The highest BCUT2D eigenvalue weighted by molar-refractivity contribution is 5.85. The molecule has 31 heavy (non-hydrogen) atoms. The maximum absolute atomic E-state index is 6.85. The lowest BCUT2D eigenvalue weighted by Crippen LogP contribution is -2.41. The van der Waals surface area contributed by atoms with E-state index in [1.165, 1.54) is 5.56 Å². The van der Waals surface area contributed by atoms with Crippen molar-refractivity contribution in [3.63, 3.8) is 0 Å². The van der Waals surface area contributed by atoms with Crippen molar-refractivity contribution in [3.8, 4) is 5.75 Å². The van der Waals surface area contributed by atoms with Gasteiger partial charge in [0.05, 0.1) is 5.60 Å². The molecule has 0 amide bonds. The molecule has 174 valence electrons. The van der Waals surface area contributed by atoms with E-state index in [2.05, 4.69) is 65.8 Å². The highest BCUT2D eigenvalue weighted by Gasteiger charge is 2.39. The van der Waals surface area contributed by atoms with Crippen LogP contribution in [0.15, 0.2) is 54.6 Å². The van der Waals surface area contributed by atoms with Crippen LogP contribution in [0.1, 0.15) is 78.9 Å². The zero-order valence-corrected chi connectivity index (χ0v) is 21.2. The zero-order chi connectivity index (χ0) is 22.4. The van der Waals surface area contributed by atoms with Crippen LogP contribution < -0.4 is 10.5 Å². The summed E-state index contributed by atoms with van der Waals surface area (Å²) in [6.45, 7) is 15.2. The van der Waals surface area contributed by atoms with Crippen LogP contribution in [-0.2, 0) is 15.9 Å². The monoisotopic (exact) mass is 447 g/mol. The fourth-order valence-corrected chi connectivity index (χ4v) is 4.17. The standard InChI is InChI=1S/C27H41NO2.ClH/c1-20(2)17-18-27(19-21(3)4,25-16-12-11-15-24(25)26(6,7)28)30-22(5)29-23-13-9-8-10-14-23;/h8-16,20-22H,17-19,28H2,1-7H3;1H. The number of rotatable bonds is 11. The summed E-state index contributed by atoms with van der Waals surface area (Å²) in [6.07, 6.45) is 2.53. The molecule has 0 heterocycles. The molecule has 0 bridgehead atoms. The highest BCUT2D eigenvalue weighted by Crippen LogP contribution is 2.43. The fraction of sp³-hybridized carbons (Fsp3) is 0.556. The number of benzene rings is 2. The molecule has 2 atom stereocenters. The predicted octanol–water partition coefficient (Wildman–Crippen LogP) is 7.42. The van der Waals surface area contributed by atoms with E-state index in [0.717, 1.165) is 30.6 Å². The maximum Gasteiger partial charge on any atom is 0.198 e. The number of para-hydroxylation sites is 1. The second kappa shape index (κ2) is 11.9. The smallest absolute Gasteiger partial charge is 0.198 e. The molecule has 2 aromatic rings. The summed E-state index contributed by atoms with van der Waals surface area (Å²) in [5.41, 5.74) is 8.03. The SMILES string of the molecule is CC(C)CCC(CC(C)C)(OC(C)Oc1ccccc1)c1ccccc1C(C)(C)N.Cl. The lowest BCUT2D eigenvalue weighted by molar-refractivity contribution is -0.181. The van der Waals surface area contributed by atoms with Gasteiger partial charge in [0.1, 0.15) is 5.75 Å². The van der Waals surface area contributed by atoms with Crippen molar-refractivity contribution in [1.29, 1.82) is 0 Å². The maximum atomic E-state index is 6.85. The first-order valence-electron chi connectivity index (χ1n) is 11.3. The van der Waals surface area contributed by atoms with Crippen molar-refractivity contribution < 1.29 is 9.47 Å². The topological polar surface area (TPSA) is 44.5 Å². The molecule has 3 nitrogen and oxygen atoms in total. The Hall–Kier alpha value is -1.55. The molecule has 0 aromatic heterocycles. The van der Waals surface area contributed by atoms with Crippen molar-refractivity contribution in [2.24, 2.45) is 17.6 Å². The van der Waals surface area contributed by atoms with E-state index < -0.39 is 11.1 Å². The lowest BCUT2D eigenvalue weighted by atomic mass is 9.75. The van der Waals surface area contributed by atoms with E-state index >= 15 is 0 Å². The summed E-state index contributed by atoms with van der Waals surface area (Å²) in [5.74, 6) is 1.87. The summed E-state index contributed by atoms with van der Waals surface area (Å²) < 4.78 is 13.0. The van der Waals surface area contributed by atoms with Gasteiger partial charge in [0.15, 0.2) is 6.29 Å². The molecule has 0 radical (unpaired) electrons. The van der Waals surface area contributed by atoms with Crippen molar-refractivity contribution >= 4 is 12.4 Å². The Labute approximate surface area is 196 Å². The molecular weight excluding hydrogens is 406 g/mol. The van der Waals surface area contributed by atoms with Gasteiger partial charge in [-0.3, -0.25) is 0 Å². The molecule has 0 saturated heterocycles. The van der Waals surface area contributed by atoms with E-state index in [1.807, 2.05) is 37.3 Å². The Morgan fingerprint density at radius 2 is 1.35 bits per heavy atom. The number of hydrogen-bond donors (Lipinski definition) is 1. The molecule has 0 aliphatic rings. The normalized spacial score (nSPS) is 14.8. The van der Waals surface area contributed by atoms with Gasteiger partial charge in [-0.25, -0.2) is 0 Å². The molecule has 0 aliphatic heterocycles. The van der Waals surface area contributed by atoms with Crippen molar-refractivity contribution in [3.05, 3.63) is 65.7 Å². The van der Waals surface area contributed by atoms with Crippen LogP contribution in [-0.4, -0.2) is 6.29 Å². The Bertz CT molecular complexity index is 770. The molecule has 2 rings (SSSR count). The van der Waals surface area contributed by atoms with Crippen molar-refractivity contribution in [2.75, 3.05) is 0 Å². The third kappa shape index (κ3) is 8.14. The van der Waals surface area contributed by atoms with Gasteiger partial charge in [-0.15, -0.1) is 12.4 Å². The Balaban J connectivity index is 0.00000480. The van der Waals surface area contributed by atoms with Gasteiger partial charge in [0, 0.05) is 5.54 Å². The summed E-state index contributed by atoms with van der Waals surface area (Å²) >= 11 is 0. The second-order valence-electron chi connectivity index (χ2n) is 9.91. The quantitative estimate of drug-likeness (QED) is 0.364. The van der Waals surface area contributed by atoms with Gasteiger partial charge in [-0.1, -0.05) is 70.2 Å². The Morgan fingerprint density at radius 3 is 1.87 bits per heavy atom. The summed E-state index contributed by atoms with van der Waals surface area (Å²) in [4.78, 5) is 0. The van der Waals surface area contributed by atoms with Crippen LogP contribution in [0.25, 0.3) is 0 Å². The van der Waals surface area contributed by atoms with E-state index in [-0.39, 0.29) is 18.7 Å². The predicted molar refractivity (Wildman–Crippen MR) is 134 cm³/mol. The van der Waals surface area contributed by atoms with Gasteiger partial charge in [-0.2, -0.15) is 0 Å². The average Bonchev–Trinajstić information content (AvgIpc) is 2.65. The zero-order valence-electron chi connectivity index (χ0n) is 20.4. The number of nitrogens with two attached hydrogens (primary N) is 1. The van der Waals surface area contributed by atoms with Gasteiger partial charge in [0.25, 0.3) is 0 Å². The molecule has 2 N–H and O–H groups in total. The molecule has 0 saturated carbocycles. The summed E-state index contributed by atoms with van der Waals surface area (Å²) in [7, 11) is 0. The van der Waals surface area contributed by atoms with Crippen LogP contribution in [0.4, 0.5) is 0 Å². The van der Waals surface area contributed by atoms with Crippen LogP contribution in [0.3, 0.4) is 0 Å². The average molecular weight is 448 g/mol. The van der Waals surface area contributed by atoms with Crippen LogP contribution in [0, 0.1) is 11.8 Å². The van der Waals surface area contributed by atoms with Gasteiger partial charge >= 0.3 is 0 Å².